The van der Waals surface area contributed by atoms with Gasteiger partial charge in [0.15, 0.2) is 11.4 Å². The van der Waals surface area contributed by atoms with Crippen molar-refractivity contribution < 1.29 is 44.7 Å². The van der Waals surface area contributed by atoms with E-state index < -0.39 is 81.4 Å². The number of nitrogens with zero attached hydrogens (tertiary/aromatic N) is 2. The van der Waals surface area contributed by atoms with E-state index in [2.05, 4.69) is 5.32 Å². The molecule has 15 heteroatoms. The number of nitrogens with one attached hydrogen (secondary N) is 1. The Hall–Kier alpha value is -3.20. The first-order valence-electron chi connectivity index (χ1n) is 13.9. The number of carbonyl (C=O) groups excluding carboxylic acids is 4. The SMILES string of the molecule is CC1c2ccc(NC(=O)CN3CCCCC3)c(O)c2C(O)=C2C(=O)[C@]3(O)C(O)=C(C(N)=O)C(=O)[C@@H](N(C)C)C3C(O)C21.Cl.Cl. The van der Waals surface area contributed by atoms with Crippen LogP contribution in [0.4, 0.5) is 5.69 Å². The summed E-state index contributed by atoms with van der Waals surface area (Å²) in [5, 5.41) is 59.7. The number of aliphatic hydroxyl groups is 4. The topological polar surface area (TPSA) is 214 Å². The van der Waals surface area contributed by atoms with Gasteiger partial charge in [-0.2, -0.15) is 0 Å². The summed E-state index contributed by atoms with van der Waals surface area (Å²) >= 11 is 0. The van der Waals surface area contributed by atoms with Crippen molar-refractivity contribution in [3.63, 3.8) is 0 Å². The van der Waals surface area contributed by atoms with E-state index in [0.29, 0.717) is 5.56 Å². The second-order valence-electron chi connectivity index (χ2n) is 11.9. The molecule has 1 heterocycles. The number of anilines is 1. The molecule has 0 radical (unpaired) electrons. The number of phenols is 1. The molecule has 2 amide bonds. The van der Waals surface area contributed by atoms with Gasteiger partial charge < -0.3 is 36.6 Å². The number of halogens is 2. The number of carbonyl (C=O) groups is 4. The predicted molar refractivity (Wildman–Crippen MR) is 164 cm³/mol. The third-order valence-electron chi connectivity index (χ3n) is 9.22. The molecule has 4 unspecified atom stereocenters. The van der Waals surface area contributed by atoms with Crippen molar-refractivity contribution in [1.29, 1.82) is 0 Å². The molecule has 1 aromatic carbocycles. The molecule has 5 rings (SSSR count). The van der Waals surface area contributed by atoms with Crippen LogP contribution in [0.15, 0.2) is 29.0 Å². The standard InChI is InChI=1S/C29H36N4O9.2ClH/c1-12-13-7-8-14(31-15(34)11-33-9-5-4-6-10-33)22(35)17(13)23(36)18-16(12)24(37)20-21(32(2)3)25(38)19(28(30)41)27(40)29(20,42)26(18)39;;/h7-8,12,16,20-21,24,35-37,40,42H,4-6,9-11H2,1-3H3,(H2,30,41)(H,31,34);2*1H/t12?,16?,20?,21-,24?,29-;;/m0../s1. The molecule has 0 spiro atoms. The number of rotatable bonds is 5. The molecule has 1 aromatic rings. The first-order valence-corrected chi connectivity index (χ1v) is 13.9. The van der Waals surface area contributed by atoms with E-state index >= 15 is 0 Å². The van der Waals surface area contributed by atoms with Gasteiger partial charge in [0, 0.05) is 11.5 Å². The Labute approximate surface area is 266 Å². The van der Waals surface area contributed by atoms with Gasteiger partial charge >= 0.3 is 0 Å². The Kier molecular flexibility index (Phi) is 10.1. The predicted octanol–water partition coefficient (Wildman–Crippen LogP) is 0.764. The van der Waals surface area contributed by atoms with Crippen molar-refractivity contribution in [3.8, 4) is 5.75 Å². The maximum absolute atomic E-state index is 14.1. The Bertz CT molecular complexity index is 1460. The highest BCUT2D eigenvalue weighted by Crippen LogP contribution is 2.56. The Morgan fingerprint density at radius 2 is 1.70 bits per heavy atom. The fraction of sp³-hybridized carbons (Fsp3) is 0.517. The Morgan fingerprint density at radius 1 is 1.09 bits per heavy atom. The van der Waals surface area contributed by atoms with Gasteiger partial charge in [-0.05, 0) is 57.6 Å². The highest BCUT2D eigenvalue weighted by Gasteiger charge is 2.68. The second kappa shape index (κ2) is 12.7. The minimum absolute atomic E-state index is 0. The largest absolute Gasteiger partial charge is 0.508 e. The number of fused-ring (bicyclic) bond motifs is 3. The zero-order valence-corrected chi connectivity index (χ0v) is 26.1. The average molecular weight is 658 g/mol. The molecule has 13 nitrogen and oxygen atoms in total. The molecule has 1 saturated carbocycles. The summed E-state index contributed by atoms with van der Waals surface area (Å²) in [5.41, 5.74) is 1.05. The third-order valence-corrected chi connectivity index (χ3v) is 9.22. The van der Waals surface area contributed by atoms with Crippen LogP contribution in [0.3, 0.4) is 0 Å². The number of primary amides is 1. The third kappa shape index (κ3) is 5.15. The molecule has 0 aromatic heterocycles. The van der Waals surface area contributed by atoms with Crippen LogP contribution in [0.5, 0.6) is 5.75 Å². The monoisotopic (exact) mass is 656 g/mol. The number of piperidine rings is 1. The Morgan fingerprint density at radius 3 is 2.27 bits per heavy atom. The summed E-state index contributed by atoms with van der Waals surface area (Å²) in [6, 6.07) is 1.60. The maximum atomic E-state index is 14.1. The van der Waals surface area contributed by atoms with Crippen LogP contribution < -0.4 is 11.1 Å². The van der Waals surface area contributed by atoms with Crippen molar-refractivity contribution in [2.75, 3.05) is 39.0 Å². The lowest BCUT2D eigenvalue weighted by Gasteiger charge is -2.53. The molecule has 1 saturated heterocycles. The van der Waals surface area contributed by atoms with Crippen molar-refractivity contribution >= 4 is 59.6 Å². The van der Waals surface area contributed by atoms with E-state index in [1.54, 1.807) is 13.0 Å². The number of likely N-dealkylation sites (tertiary alicyclic amines) is 1. The van der Waals surface area contributed by atoms with E-state index in [4.69, 9.17) is 5.73 Å². The summed E-state index contributed by atoms with van der Waals surface area (Å²) in [6.45, 7) is 3.32. The van der Waals surface area contributed by atoms with Crippen molar-refractivity contribution in [2.24, 2.45) is 17.6 Å². The van der Waals surface area contributed by atoms with E-state index in [1.807, 2.05) is 4.90 Å². The van der Waals surface area contributed by atoms with Crippen LogP contribution in [0.2, 0.25) is 0 Å². The fourth-order valence-corrected chi connectivity index (χ4v) is 7.23. The quantitative estimate of drug-likeness (QED) is 0.173. The zero-order valence-electron chi connectivity index (χ0n) is 24.4. The summed E-state index contributed by atoms with van der Waals surface area (Å²) in [6.07, 6.45) is 1.40. The first kappa shape index (κ1) is 35.3. The molecule has 242 valence electrons. The number of aromatic hydroxyl groups is 1. The lowest BCUT2D eigenvalue weighted by Crippen LogP contribution is -2.70. The second-order valence-corrected chi connectivity index (χ2v) is 11.9. The van der Waals surface area contributed by atoms with Gasteiger partial charge in [0.25, 0.3) is 5.91 Å². The number of likely N-dealkylation sites (N-methyl/N-ethyl adjacent to an activating group) is 1. The Balaban J connectivity index is 0.00000264. The maximum Gasteiger partial charge on any atom is 0.255 e. The normalized spacial score (nSPS) is 30.1. The number of benzene rings is 1. The van der Waals surface area contributed by atoms with Gasteiger partial charge in [-0.25, -0.2) is 0 Å². The lowest BCUT2D eigenvalue weighted by molar-refractivity contribution is -0.169. The van der Waals surface area contributed by atoms with Gasteiger partial charge in [0.05, 0.1) is 35.9 Å². The molecule has 6 atom stereocenters. The molecule has 1 aliphatic heterocycles. The van der Waals surface area contributed by atoms with Gasteiger partial charge in [0.1, 0.15) is 22.8 Å². The highest BCUT2D eigenvalue weighted by molar-refractivity contribution is 6.24. The van der Waals surface area contributed by atoms with Gasteiger partial charge in [0.2, 0.25) is 11.7 Å². The van der Waals surface area contributed by atoms with Crippen LogP contribution in [0, 0.1) is 11.8 Å². The van der Waals surface area contributed by atoms with Crippen molar-refractivity contribution in [1.82, 2.24) is 9.80 Å². The van der Waals surface area contributed by atoms with E-state index in [0.717, 1.165) is 32.4 Å². The van der Waals surface area contributed by atoms with Crippen LogP contribution in [-0.4, -0.2) is 110 Å². The molecule has 4 aliphatic rings. The van der Waals surface area contributed by atoms with Crippen LogP contribution in [0.25, 0.3) is 5.76 Å². The summed E-state index contributed by atoms with van der Waals surface area (Å²) in [7, 11) is 2.89. The minimum Gasteiger partial charge on any atom is -0.508 e. The number of Topliss-reactive ketones (excluding diaryl/α,β-unsaturated/α-hetero) is 2. The average Bonchev–Trinajstić information content (AvgIpc) is 2.92. The highest BCUT2D eigenvalue weighted by atomic mass is 35.5. The number of nitrogens with two attached hydrogens (primary N) is 1. The number of aliphatic hydroxyl groups excluding tert-OH is 3. The zero-order chi connectivity index (χ0) is 30.8. The number of phenolic OH excluding ortho intramolecular Hbond substituents is 1. The van der Waals surface area contributed by atoms with Gasteiger partial charge in [-0.3, -0.25) is 29.0 Å². The first-order chi connectivity index (χ1) is 19.7. The number of ketones is 2. The molecule has 0 bridgehead atoms. The summed E-state index contributed by atoms with van der Waals surface area (Å²) < 4.78 is 0. The molecular weight excluding hydrogens is 619 g/mol. The number of hydrogen-bond acceptors (Lipinski definition) is 11. The van der Waals surface area contributed by atoms with E-state index in [9.17, 15) is 44.7 Å². The number of hydrogen-bond donors (Lipinski definition) is 7. The van der Waals surface area contributed by atoms with Crippen LogP contribution in [0.1, 0.15) is 43.2 Å². The van der Waals surface area contributed by atoms with Gasteiger partial charge in [-0.15, -0.1) is 24.8 Å². The van der Waals surface area contributed by atoms with E-state index in [1.165, 1.54) is 25.1 Å². The molecule has 2 fully saturated rings. The summed E-state index contributed by atoms with van der Waals surface area (Å²) in [4.78, 5) is 55.5. The van der Waals surface area contributed by atoms with Crippen molar-refractivity contribution in [3.05, 3.63) is 40.2 Å². The molecule has 44 heavy (non-hydrogen) atoms. The minimum atomic E-state index is -2.99. The molecule has 3 aliphatic carbocycles. The van der Waals surface area contributed by atoms with Crippen molar-refractivity contribution in [2.45, 2.75) is 49.9 Å². The lowest BCUT2D eigenvalue weighted by atomic mass is 9.54. The van der Waals surface area contributed by atoms with Gasteiger partial charge in [-0.1, -0.05) is 19.4 Å². The number of amides is 2. The summed E-state index contributed by atoms with van der Waals surface area (Å²) in [5.74, 6) is -10.1. The van der Waals surface area contributed by atoms with Crippen LogP contribution >= 0.6 is 24.8 Å². The fourth-order valence-electron chi connectivity index (χ4n) is 7.23. The smallest absolute Gasteiger partial charge is 0.255 e. The molecular formula is C29H38Cl2N4O9. The van der Waals surface area contributed by atoms with Crippen LogP contribution in [-0.2, 0) is 19.2 Å². The van der Waals surface area contributed by atoms with E-state index in [-0.39, 0.29) is 48.5 Å². The molecule has 8 N–H and O–H groups in total.